The largest absolute Gasteiger partial charge is 0.312 e. The molecule has 3 rings (SSSR count). The fourth-order valence-corrected chi connectivity index (χ4v) is 3.37. The molecule has 1 N–H and O–H groups in total. The first-order valence-electron chi connectivity index (χ1n) is 8.30. The van der Waals surface area contributed by atoms with Crippen LogP contribution in [-0.4, -0.2) is 30.8 Å². The molecule has 0 bridgehead atoms. The molecule has 2 aliphatic rings. The number of benzene rings is 1. The molecule has 0 aromatic heterocycles. The molecule has 1 fully saturated rings. The number of anilines is 1. The fourth-order valence-electron chi connectivity index (χ4n) is 3.37. The first kappa shape index (κ1) is 15.2. The predicted molar refractivity (Wildman–Crippen MR) is 87.3 cm³/mol. The number of rotatable bonds is 3. The van der Waals surface area contributed by atoms with Crippen molar-refractivity contribution >= 4 is 17.4 Å². The molecule has 1 atom stereocenters. The van der Waals surface area contributed by atoms with Gasteiger partial charge in [-0.1, -0.05) is 20.3 Å². The molecule has 1 aromatic rings. The van der Waals surface area contributed by atoms with Crippen LogP contribution in [0.5, 0.6) is 0 Å². The molecule has 2 heterocycles. The van der Waals surface area contributed by atoms with Crippen LogP contribution < -0.4 is 10.2 Å². The lowest BCUT2D eigenvalue weighted by atomic mass is 9.95. The molecule has 0 spiro atoms. The quantitative estimate of drug-likeness (QED) is 0.873. The second kappa shape index (κ2) is 6.21. The number of amides is 1. The molecule has 118 valence electrons. The van der Waals surface area contributed by atoms with Gasteiger partial charge in [0.15, 0.2) is 5.78 Å². The van der Waals surface area contributed by atoms with Crippen molar-refractivity contribution in [3.05, 3.63) is 29.3 Å². The van der Waals surface area contributed by atoms with E-state index in [1.165, 1.54) is 0 Å². The van der Waals surface area contributed by atoms with Crippen LogP contribution in [0.25, 0.3) is 0 Å². The third kappa shape index (κ3) is 2.80. The van der Waals surface area contributed by atoms with Gasteiger partial charge >= 0.3 is 0 Å². The molecular weight excluding hydrogens is 276 g/mol. The number of nitrogens with one attached hydrogen (secondary N) is 1. The second-order valence-electron chi connectivity index (χ2n) is 6.60. The Kier molecular flexibility index (Phi) is 4.30. The van der Waals surface area contributed by atoms with Gasteiger partial charge in [-0.15, -0.1) is 0 Å². The van der Waals surface area contributed by atoms with Crippen molar-refractivity contribution in [2.45, 2.75) is 45.6 Å². The van der Waals surface area contributed by atoms with Gasteiger partial charge in [-0.2, -0.15) is 0 Å². The van der Waals surface area contributed by atoms with Crippen LogP contribution in [0.15, 0.2) is 18.2 Å². The van der Waals surface area contributed by atoms with Gasteiger partial charge in [0.1, 0.15) is 0 Å². The Morgan fingerprint density at radius 2 is 2.09 bits per heavy atom. The van der Waals surface area contributed by atoms with E-state index < -0.39 is 0 Å². The number of hydrogen-bond acceptors (Lipinski definition) is 3. The number of piperidine rings is 1. The fraction of sp³-hybridized carbons (Fsp3) is 0.556. The highest BCUT2D eigenvalue weighted by Gasteiger charge is 2.28. The number of fused-ring (bicyclic) bond motifs is 1. The van der Waals surface area contributed by atoms with E-state index in [-0.39, 0.29) is 23.7 Å². The lowest BCUT2D eigenvalue weighted by Crippen LogP contribution is -2.40. The lowest BCUT2D eigenvalue weighted by molar-refractivity contribution is -0.121. The summed E-state index contributed by atoms with van der Waals surface area (Å²) in [5.74, 6) is 0.349. The minimum absolute atomic E-state index is 0.00121. The van der Waals surface area contributed by atoms with Crippen LogP contribution in [0.1, 0.15) is 49.0 Å². The SMILES string of the molecule is CC(C)C(=O)N1CCc2cc(C(=O)C3CCCCN3)ccc21. The summed E-state index contributed by atoms with van der Waals surface area (Å²) in [6.45, 7) is 5.50. The molecule has 4 nitrogen and oxygen atoms in total. The molecule has 0 radical (unpaired) electrons. The van der Waals surface area contributed by atoms with Crippen LogP contribution in [0, 0.1) is 5.92 Å². The van der Waals surface area contributed by atoms with Crippen LogP contribution in [0.3, 0.4) is 0 Å². The van der Waals surface area contributed by atoms with Crippen molar-refractivity contribution in [1.82, 2.24) is 5.32 Å². The molecule has 4 heteroatoms. The van der Waals surface area contributed by atoms with Gasteiger partial charge in [0.05, 0.1) is 6.04 Å². The minimum atomic E-state index is -0.0402. The summed E-state index contributed by atoms with van der Waals surface area (Å²) in [6, 6.07) is 5.77. The standard InChI is InChI=1S/C18H24N2O2/c1-12(2)18(22)20-10-8-13-11-14(6-7-16(13)20)17(21)15-5-3-4-9-19-15/h6-7,11-12,15,19H,3-5,8-10H2,1-2H3. The Morgan fingerprint density at radius 1 is 1.27 bits per heavy atom. The van der Waals surface area contributed by atoms with E-state index in [9.17, 15) is 9.59 Å². The van der Waals surface area contributed by atoms with Gasteiger partial charge in [0, 0.05) is 23.7 Å². The second-order valence-corrected chi connectivity index (χ2v) is 6.60. The highest BCUT2D eigenvalue weighted by molar-refractivity contribution is 6.02. The van der Waals surface area contributed by atoms with E-state index in [0.717, 1.165) is 55.6 Å². The maximum Gasteiger partial charge on any atom is 0.229 e. The van der Waals surface area contributed by atoms with Gasteiger partial charge < -0.3 is 10.2 Å². The maximum absolute atomic E-state index is 12.6. The summed E-state index contributed by atoms with van der Waals surface area (Å²) in [4.78, 5) is 26.7. The number of hydrogen-bond donors (Lipinski definition) is 1. The molecule has 0 aliphatic carbocycles. The number of carbonyl (C=O) groups is 2. The van der Waals surface area contributed by atoms with Gasteiger partial charge in [-0.25, -0.2) is 0 Å². The van der Waals surface area contributed by atoms with Crippen molar-refractivity contribution in [2.24, 2.45) is 5.92 Å². The monoisotopic (exact) mass is 300 g/mol. The Hall–Kier alpha value is -1.68. The van der Waals surface area contributed by atoms with Crippen molar-refractivity contribution in [3.8, 4) is 0 Å². The molecule has 1 unspecified atom stereocenters. The Bertz CT molecular complexity index is 589. The normalized spacial score (nSPS) is 21.0. The van der Waals surface area contributed by atoms with E-state index >= 15 is 0 Å². The molecule has 22 heavy (non-hydrogen) atoms. The van der Waals surface area contributed by atoms with Crippen molar-refractivity contribution in [3.63, 3.8) is 0 Å². The number of Topliss-reactive ketones (excluding diaryl/α,β-unsaturated/α-hetero) is 1. The first-order chi connectivity index (χ1) is 10.6. The summed E-state index contributed by atoms with van der Waals surface area (Å²) >= 11 is 0. The molecule has 1 aromatic carbocycles. The molecular formula is C18H24N2O2. The van der Waals surface area contributed by atoms with Crippen molar-refractivity contribution in [2.75, 3.05) is 18.0 Å². The minimum Gasteiger partial charge on any atom is -0.312 e. The lowest BCUT2D eigenvalue weighted by Gasteiger charge is -2.23. The number of nitrogens with zero attached hydrogens (tertiary/aromatic N) is 1. The third-order valence-corrected chi connectivity index (χ3v) is 4.65. The average molecular weight is 300 g/mol. The van der Waals surface area contributed by atoms with Gasteiger partial charge in [0.25, 0.3) is 0 Å². The smallest absolute Gasteiger partial charge is 0.229 e. The van der Waals surface area contributed by atoms with Crippen LogP contribution in [-0.2, 0) is 11.2 Å². The topological polar surface area (TPSA) is 49.4 Å². The van der Waals surface area contributed by atoms with E-state index in [2.05, 4.69) is 5.32 Å². The molecule has 2 aliphatic heterocycles. The summed E-state index contributed by atoms with van der Waals surface area (Å²) in [5.41, 5.74) is 2.87. The zero-order valence-corrected chi connectivity index (χ0v) is 13.4. The Balaban J connectivity index is 1.80. The highest BCUT2D eigenvalue weighted by Crippen LogP contribution is 2.30. The van der Waals surface area contributed by atoms with Gasteiger partial charge in [0.2, 0.25) is 5.91 Å². The average Bonchev–Trinajstić information content (AvgIpc) is 2.97. The van der Waals surface area contributed by atoms with E-state index in [4.69, 9.17) is 0 Å². The summed E-state index contributed by atoms with van der Waals surface area (Å²) in [5, 5.41) is 3.31. The summed E-state index contributed by atoms with van der Waals surface area (Å²) in [7, 11) is 0. The van der Waals surface area contributed by atoms with Crippen LogP contribution in [0.2, 0.25) is 0 Å². The Labute approximate surface area is 131 Å². The van der Waals surface area contributed by atoms with E-state index in [0.29, 0.717) is 0 Å². The summed E-state index contributed by atoms with van der Waals surface area (Å²) in [6.07, 6.45) is 4.03. The first-order valence-corrected chi connectivity index (χ1v) is 8.30. The van der Waals surface area contributed by atoms with Crippen LogP contribution >= 0.6 is 0 Å². The third-order valence-electron chi connectivity index (χ3n) is 4.65. The van der Waals surface area contributed by atoms with Crippen molar-refractivity contribution in [1.29, 1.82) is 0 Å². The molecule has 0 saturated carbocycles. The maximum atomic E-state index is 12.6. The molecule has 1 saturated heterocycles. The predicted octanol–water partition coefficient (Wildman–Crippen LogP) is 2.56. The summed E-state index contributed by atoms with van der Waals surface area (Å²) < 4.78 is 0. The van der Waals surface area contributed by atoms with E-state index in [1.54, 1.807) is 0 Å². The highest BCUT2D eigenvalue weighted by atomic mass is 16.2. The van der Waals surface area contributed by atoms with Crippen molar-refractivity contribution < 1.29 is 9.59 Å². The molecule has 1 amide bonds. The van der Waals surface area contributed by atoms with Crippen LogP contribution in [0.4, 0.5) is 5.69 Å². The zero-order chi connectivity index (χ0) is 15.7. The zero-order valence-electron chi connectivity index (χ0n) is 13.4. The van der Waals surface area contributed by atoms with Gasteiger partial charge in [-0.05, 0) is 49.6 Å². The number of ketones is 1. The van der Waals surface area contributed by atoms with Gasteiger partial charge in [-0.3, -0.25) is 9.59 Å². The Morgan fingerprint density at radius 3 is 2.77 bits per heavy atom. The number of carbonyl (C=O) groups excluding carboxylic acids is 2. The van der Waals surface area contributed by atoms with E-state index in [1.807, 2.05) is 36.9 Å².